The number of carbonyl (C=O) groups is 3. The molecule has 0 saturated heterocycles. The second-order valence-corrected chi connectivity index (χ2v) is 9.45. The van der Waals surface area contributed by atoms with Gasteiger partial charge in [-0.1, -0.05) is 30.5 Å². The van der Waals surface area contributed by atoms with Gasteiger partial charge in [-0.3, -0.25) is 9.59 Å². The van der Waals surface area contributed by atoms with E-state index in [0.29, 0.717) is 10.8 Å². The van der Waals surface area contributed by atoms with Crippen LogP contribution in [0.2, 0.25) is 5.02 Å². The molecule has 1 fully saturated rings. The predicted molar refractivity (Wildman–Crippen MR) is 138 cm³/mol. The molecule has 3 atom stereocenters. The van der Waals surface area contributed by atoms with Crippen LogP contribution >= 0.6 is 11.6 Å². The van der Waals surface area contributed by atoms with Crippen LogP contribution in [0.4, 0.5) is 0 Å². The summed E-state index contributed by atoms with van der Waals surface area (Å²) in [4.78, 5) is 41.1. The Labute approximate surface area is 226 Å². The zero-order valence-electron chi connectivity index (χ0n) is 21.9. The highest BCUT2D eigenvalue weighted by Gasteiger charge is 2.34. The molecule has 0 bridgehead atoms. The lowest BCUT2D eigenvalue weighted by Gasteiger charge is -2.30. The highest BCUT2D eigenvalue weighted by atomic mass is 35.5. The van der Waals surface area contributed by atoms with Crippen LogP contribution < -0.4 is 19.5 Å². The molecule has 1 aliphatic rings. The van der Waals surface area contributed by atoms with Gasteiger partial charge in [0.25, 0.3) is 5.91 Å². The third-order valence-electron chi connectivity index (χ3n) is 6.17. The standard InChI is InChI=1S/C27H33ClN2O8/c1-16(30-26(32)23-25(36-15-35-18(3)31)22(34-4)12-13-29-23)27(33)37-17(2)24(19-8-5-6-9-19)38-21-11-7-10-20(28)14-21/h7,10-14,16-17,19,24H,5-6,8-9,15H2,1-4H3,(H,30,32)/t16-,17?,24-/m0/s1. The summed E-state index contributed by atoms with van der Waals surface area (Å²) >= 11 is 6.12. The van der Waals surface area contributed by atoms with E-state index in [-0.39, 0.29) is 29.2 Å². The minimum absolute atomic E-state index is 0.0288. The number of carbonyl (C=O) groups excluding carboxylic acids is 3. The monoisotopic (exact) mass is 548 g/mol. The van der Waals surface area contributed by atoms with E-state index in [9.17, 15) is 14.4 Å². The summed E-state index contributed by atoms with van der Waals surface area (Å²) in [6, 6.07) is 7.58. The Hall–Kier alpha value is -3.53. The Morgan fingerprint density at radius 2 is 1.89 bits per heavy atom. The van der Waals surface area contributed by atoms with Gasteiger partial charge in [0.2, 0.25) is 6.79 Å². The van der Waals surface area contributed by atoms with Gasteiger partial charge in [0.15, 0.2) is 17.2 Å². The molecule has 1 heterocycles. The van der Waals surface area contributed by atoms with Crippen LogP contribution in [0.15, 0.2) is 36.5 Å². The molecule has 1 saturated carbocycles. The van der Waals surface area contributed by atoms with Crippen molar-refractivity contribution in [2.45, 2.75) is 64.7 Å². The SMILES string of the molecule is COc1ccnc(C(=O)N[C@@H](C)C(=O)OC(C)[C@H](Oc2cccc(Cl)c2)C2CCCC2)c1OCOC(C)=O. The fraction of sp³-hybridized carbons (Fsp3) is 0.481. The van der Waals surface area contributed by atoms with E-state index in [0.717, 1.165) is 25.7 Å². The van der Waals surface area contributed by atoms with Gasteiger partial charge in [-0.2, -0.15) is 0 Å². The number of halogens is 1. The van der Waals surface area contributed by atoms with Gasteiger partial charge in [-0.25, -0.2) is 9.78 Å². The van der Waals surface area contributed by atoms with Crippen LogP contribution in [0.1, 0.15) is 56.9 Å². The van der Waals surface area contributed by atoms with Crippen molar-refractivity contribution in [1.82, 2.24) is 10.3 Å². The average Bonchev–Trinajstić information content (AvgIpc) is 3.41. The average molecular weight is 549 g/mol. The number of benzene rings is 1. The summed E-state index contributed by atoms with van der Waals surface area (Å²) in [6.45, 7) is 4.07. The van der Waals surface area contributed by atoms with Crippen molar-refractivity contribution in [3.8, 4) is 17.2 Å². The van der Waals surface area contributed by atoms with Crippen molar-refractivity contribution in [2.24, 2.45) is 5.92 Å². The Kier molecular flexibility index (Phi) is 10.6. The molecule has 1 unspecified atom stereocenters. The molecule has 38 heavy (non-hydrogen) atoms. The van der Waals surface area contributed by atoms with Gasteiger partial charge in [-0.05, 0) is 50.8 Å². The smallest absolute Gasteiger partial charge is 0.328 e. The van der Waals surface area contributed by atoms with Gasteiger partial charge in [0.1, 0.15) is 24.0 Å². The molecule has 10 nitrogen and oxygen atoms in total. The van der Waals surface area contributed by atoms with Gasteiger partial charge < -0.3 is 29.0 Å². The van der Waals surface area contributed by atoms with Gasteiger partial charge in [0, 0.05) is 24.2 Å². The first-order valence-corrected chi connectivity index (χ1v) is 12.8. The topological polar surface area (TPSA) is 122 Å². The molecule has 0 radical (unpaired) electrons. The Balaban J connectivity index is 1.67. The maximum absolute atomic E-state index is 13.0. The van der Waals surface area contributed by atoms with Crippen LogP contribution in [-0.4, -0.2) is 55.0 Å². The first-order valence-electron chi connectivity index (χ1n) is 12.4. The zero-order chi connectivity index (χ0) is 27.7. The van der Waals surface area contributed by atoms with E-state index < -0.39 is 36.8 Å². The molecule has 1 amide bonds. The summed E-state index contributed by atoms with van der Waals surface area (Å²) in [7, 11) is 1.39. The number of ether oxygens (including phenoxy) is 5. The van der Waals surface area contributed by atoms with E-state index in [1.165, 1.54) is 33.2 Å². The fourth-order valence-electron chi connectivity index (χ4n) is 4.30. The Morgan fingerprint density at radius 1 is 1.16 bits per heavy atom. The molecular weight excluding hydrogens is 516 g/mol. The Morgan fingerprint density at radius 3 is 2.55 bits per heavy atom. The van der Waals surface area contributed by atoms with Crippen molar-refractivity contribution < 1.29 is 38.1 Å². The summed E-state index contributed by atoms with van der Waals surface area (Å²) < 4.78 is 27.4. The van der Waals surface area contributed by atoms with E-state index in [1.807, 2.05) is 6.07 Å². The number of amides is 1. The normalized spacial score (nSPS) is 15.6. The minimum atomic E-state index is -1.00. The van der Waals surface area contributed by atoms with E-state index in [2.05, 4.69) is 10.3 Å². The van der Waals surface area contributed by atoms with Crippen LogP contribution in [0.3, 0.4) is 0 Å². The molecular formula is C27H33ClN2O8. The second-order valence-electron chi connectivity index (χ2n) is 9.01. The van der Waals surface area contributed by atoms with E-state index in [1.54, 1.807) is 25.1 Å². The van der Waals surface area contributed by atoms with Gasteiger partial charge in [0.05, 0.1) is 7.11 Å². The van der Waals surface area contributed by atoms with Gasteiger partial charge in [-0.15, -0.1) is 0 Å². The van der Waals surface area contributed by atoms with Crippen LogP contribution in [0.25, 0.3) is 0 Å². The number of nitrogens with zero attached hydrogens (tertiary/aromatic N) is 1. The molecule has 206 valence electrons. The zero-order valence-corrected chi connectivity index (χ0v) is 22.7. The highest BCUT2D eigenvalue weighted by molar-refractivity contribution is 6.30. The maximum atomic E-state index is 13.0. The quantitative estimate of drug-likeness (QED) is 0.305. The van der Waals surface area contributed by atoms with Crippen molar-refractivity contribution >= 4 is 29.4 Å². The minimum Gasteiger partial charge on any atom is -0.493 e. The summed E-state index contributed by atoms with van der Waals surface area (Å²) in [5.41, 5.74) is -0.141. The molecule has 1 aliphatic carbocycles. The number of hydrogen-bond donors (Lipinski definition) is 1. The maximum Gasteiger partial charge on any atom is 0.328 e. The lowest BCUT2D eigenvalue weighted by Crippen LogP contribution is -2.45. The number of rotatable bonds is 12. The number of methoxy groups -OCH3 is 1. The van der Waals surface area contributed by atoms with E-state index in [4.69, 9.17) is 35.3 Å². The van der Waals surface area contributed by atoms with Crippen LogP contribution in [0, 0.1) is 5.92 Å². The number of aromatic nitrogens is 1. The third-order valence-corrected chi connectivity index (χ3v) is 6.40. The Bertz CT molecular complexity index is 1120. The molecule has 2 aromatic rings. The van der Waals surface area contributed by atoms with Crippen molar-refractivity contribution in [2.75, 3.05) is 13.9 Å². The first-order chi connectivity index (χ1) is 18.2. The molecule has 0 aliphatic heterocycles. The number of esters is 2. The molecule has 1 N–H and O–H groups in total. The van der Waals surface area contributed by atoms with Crippen molar-refractivity contribution in [3.63, 3.8) is 0 Å². The number of hydrogen-bond acceptors (Lipinski definition) is 9. The van der Waals surface area contributed by atoms with Crippen LogP contribution in [-0.2, 0) is 19.1 Å². The molecule has 1 aromatic carbocycles. The third kappa shape index (κ3) is 7.98. The predicted octanol–water partition coefficient (Wildman–Crippen LogP) is 4.33. The summed E-state index contributed by atoms with van der Waals surface area (Å²) in [5.74, 6) is -0.879. The fourth-order valence-corrected chi connectivity index (χ4v) is 4.48. The lowest BCUT2D eigenvalue weighted by atomic mass is 9.96. The lowest BCUT2D eigenvalue weighted by molar-refractivity contribution is -0.156. The summed E-state index contributed by atoms with van der Waals surface area (Å²) in [6.07, 6.45) is 4.52. The summed E-state index contributed by atoms with van der Waals surface area (Å²) in [5, 5.41) is 3.13. The van der Waals surface area contributed by atoms with E-state index >= 15 is 0 Å². The largest absolute Gasteiger partial charge is 0.493 e. The second kappa shape index (κ2) is 13.9. The molecule has 1 aromatic heterocycles. The first kappa shape index (κ1) is 29.0. The molecule has 3 rings (SSSR count). The number of pyridine rings is 1. The van der Waals surface area contributed by atoms with Crippen molar-refractivity contribution in [3.05, 3.63) is 47.2 Å². The van der Waals surface area contributed by atoms with Crippen LogP contribution in [0.5, 0.6) is 17.2 Å². The number of nitrogens with one attached hydrogen (secondary N) is 1. The molecule has 0 spiro atoms. The molecule has 11 heteroatoms. The van der Waals surface area contributed by atoms with Gasteiger partial charge >= 0.3 is 11.9 Å². The van der Waals surface area contributed by atoms with Crippen molar-refractivity contribution in [1.29, 1.82) is 0 Å². The highest BCUT2D eigenvalue weighted by Crippen LogP contribution is 2.33.